The van der Waals surface area contributed by atoms with E-state index >= 15 is 0 Å². The van der Waals surface area contributed by atoms with E-state index < -0.39 is 0 Å². The summed E-state index contributed by atoms with van der Waals surface area (Å²) in [6, 6.07) is 14.3. The fraction of sp³-hybridized carbons (Fsp3) is 0.360. The highest BCUT2D eigenvalue weighted by Gasteiger charge is 2.23. The molecule has 0 bridgehead atoms. The van der Waals surface area contributed by atoms with E-state index in [4.69, 9.17) is 5.73 Å². The summed E-state index contributed by atoms with van der Waals surface area (Å²) < 4.78 is 3.68. The second kappa shape index (κ2) is 9.16. The quantitative estimate of drug-likeness (QED) is 0.475. The second-order valence-electron chi connectivity index (χ2n) is 7.64. The number of aliphatic imine (C=N–C) groups is 1. The van der Waals surface area contributed by atoms with Gasteiger partial charge in [-0.2, -0.15) is 0 Å². The van der Waals surface area contributed by atoms with Crippen molar-refractivity contribution in [1.82, 2.24) is 9.13 Å². The van der Waals surface area contributed by atoms with E-state index in [0.29, 0.717) is 17.4 Å². The summed E-state index contributed by atoms with van der Waals surface area (Å²) in [6.45, 7) is 9.77. The molecule has 3 aromatic rings. The summed E-state index contributed by atoms with van der Waals surface area (Å²) in [7, 11) is 1.83. The van der Waals surface area contributed by atoms with Crippen LogP contribution in [0, 0.1) is 6.92 Å². The maximum Gasteiger partial charge on any atom is 0.329 e. The number of hydrogen-bond acceptors (Lipinski definition) is 3. The smallest absolute Gasteiger partial charge is 0.329 e. The van der Waals surface area contributed by atoms with Crippen LogP contribution < -0.4 is 11.4 Å². The van der Waals surface area contributed by atoms with Gasteiger partial charge in [0.25, 0.3) is 0 Å². The van der Waals surface area contributed by atoms with Crippen LogP contribution in [0.15, 0.2) is 52.3 Å². The van der Waals surface area contributed by atoms with Crippen LogP contribution in [-0.2, 0) is 7.05 Å². The Morgan fingerprint density at radius 2 is 1.77 bits per heavy atom. The van der Waals surface area contributed by atoms with Gasteiger partial charge in [0, 0.05) is 18.7 Å². The van der Waals surface area contributed by atoms with Crippen molar-refractivity contribution in [3.8, 4) is 0 Å². The van der Waals surface area contributed by atoms with E-state index in [9.17, 15) is 4.79 Å². The first-order valence-electron chi connectivity index (χ1n) is 10.8. The maximum atomic E-state index is 12.9. The van der Waals surface area contributed by atoms with Crippen LogP contribution in [0.4, 0.5) is 0 Å². The largest absolute Gasteiger partial charge is 0.396 e. The molecule has 2 N–H and O–H groups in total. The third kappa shape index (κ3) is 3.84. The minimum Gasteiger partial charge on any atom is -0.396 e. The summed E-state index contributed by atoms with van der Waals surface area (Å²) in [5.41, 5.74) is 12.5. The number of aromatic nitrogens is 2. The zero-order chi connectivity index (χ0) is 21.8. The number of nitrogens with zero attached hydrogens (tertiary/aromatic N) is 3. The molecule has 2 aromatic carbocycles. The van der Waals surface area contributed by atoms with E-state index in [1.165, 1.54) is 12.8 Å². The molecule has 158 valence electrons. The average molecular weight is 405 g/mol. The molecule has 0 unspecified atom stereocenters. The highest BCUT2D eigenvalue weighted by Crippen LogP contribution is 2.32. The Morgan fingerprint density at radius 1 is 1.07 bits per heavy atom. The van der Waals surface area contributed by atoms with Crippen LogP contribution in [0.3, 0.4) is 0 Å². The van der Waals surface area contributed by atoms with Crippen molar-refractivity contribution < 1.29 is 0 Å². The van der Waals surface area contributed by atoms with E-state index in [1.54, 1.807) is 4.57 Å². The molecule has 0 atom stereocenters. The zero-order valence-electron chi connectivity index (χ0n) is 18.5. The summed E-state index contributed by atoms with van der Waals surface area (Å²) in [6.07, 6.45) is 4.51. The van der Waals surface area contributed by atoms with Crippen molar-refractivity contribution in [1.29, 1.82) is 0 Å². The molecule has 1 heterocycles. The van der Waals surface area contributed by atoms with Crippen LogP contribution in [0.25, 0.3) is 22.4 Å². The maximum absolute atomic E-state index is 12.9. The molecule has 1 aromatic heterocycles. The predicted octanol–water partition coefficient (Wildman–Crippen LogP) is 5.27. The van der Waals surface area contributed by atoms with Crippen molar-refractivity contribution in [2.45, 2.75) is 52.5 Å². The number of rotatable bonds is 4. The number of hydrogen-bond donors (Lipinski definition) is 1. The molecule has 0 spiro atoms. The molecule has 0 aliphatic heterocycles. The molecule has 5 heteroatoms. The monoisotopic (exact) mass is 404 g/mol. The SMILES string of the molecule is C=N/C(=C(\N)c1cccc(C)c1)c1ccc2c(c1)n(C)c(=O)n2C1CCCC1.CC. The fourth-order valence-electron chi connectivity index (χ4n) is 4.31. The van der Waals surface area contributed by atoms with Crippen molar-refractivity contribution in [3.63, 3.8) is 0 Å². The first-order chi connectivity index (χ1) is 14.5. The molecule has 0 amide bonds. The number of fused-ring (bicyclic) bond motifs is 1. The number of benzene rings is 2. The van der Waals surface area contributed by atoms with Gasteiger partial charge in [0.2, 0.25) is 0 Å². The molecule has 1 aliphatic carbocycles. The van der Waals surface area contributed by atoms with Crippen LogP contribution in [-0.4, -0.2) is 15.9 Å². The zero-order valence-corrected chi connectivity index (χ0v) is 18.5. The van der Waals surface area contributed by atoms with Gasteiger partial charge in [-0.25, -0.2) is 4.79 Å². The number of imidazole rings is 1. The van der Waals surface area contributed by atoms with E-state index in [-0.39, 0.29) is 5.69 Å². The lowest BCUT2D eigenvalue weighted by Gasteiger charge is -2.12. The highest BCUT2D eigenvalue weighted by molar-refractivity contribution is 5.92. The lowest BCUT2D eigenvalue weighted by molar-refractivity contribution is 0.509. The summed E-state index contributed by atoms with van der Waals surface area (Å²) in [4.78, 5) is 17.1. The Hall–Kier alpha value is -3.08. The average Bonchev–Trinajstić information content (AvgIpc) is 3.37. The highest BCUT2D eigenvalue weighted by atomic mass is 16.1. The van der Waals surface area contributed by atoms with Crippen LogP contribution >= 0.6 is 0 Å². The van der Waals surface area contributed by atoms with Crippen molar-refractivity contribution >= 4 is 29.1 Å². The standard InChI is InChI=1S/C23H26N4O.C2H6/c1-15-7-6-8-16(13-15)21(24)22(25-2)17-11-12-19-20(14-17)26(3)23(28)27(19)18-9-4-5-10-18;1-2/h6-8,11-14,18H,2,4-5,9-10,24H2,1,3H3;1-2H3/b22-21-;. The Balaban J connectivity index is 0.00000124. The lowest BCUT2D eigenvalue weighted by Crippen LogP contribution is -2.24. The molecule has 4 rings (SSSR count). The summed E-state index contributed by atoms with van der Waals surface area (Å²) >= 11 is 0. The van der Waals surface area contributed by atoms with E-state index in [1.807, 2.05) is 74.9 Å². The second-order valence-corrected chi connectivity index (χ2v) is 7.64. The summed E-state index contributed by atoms with van der Waals surface area (Å²) in [5.74, 6) is 0. The lowest BCUT2D eigenvalue weighted by atomic mass is 10.0. The van der Waals surface area contributed by atoms with Crippen LogP contribution in [0.5, 0.6) is 0 Å². The number of nitrogens with two attached hydrogens (primary N) is 1. The molecule has 0 radical (unpaired) electrons. The van der Waals surface area contributed by atoms with Crippen molar-refractivity contribution in [3.05, 3.63) is 69.6 Å². The predicted molar refractivity (Wildman–Crippen MR) is 128 cm³/mol. The van der Waals surface area contributed by atoms with Gasteiger partial charge >= 0.3 is 5.69 Å². The van der Waals surface area contributed by atoms with Gasteiger partial charge in [-0.3, -0.25) is 14.1 Å². The minimum absolute atomic E-state index is 0.0443. The van der Waals surface area contributed by atoms with Crippen LogP contribution in [0.2, 0.25) is 0 Å². The molecular formula is C25H32N4O. The van der Waals surface area contributed by atoms with E-state index in [2.05, 4.69) is 11.7 Å². The normalized spacial score (nSPS) is 14.9. The van der Waals surface area contributed by atoms with E-state index in [0.717, 1.165) is 40.6 Å². The van der Waals surface area contributed by atoms with Gasteiger partial charge < -0.3 is 5.73 Å². The Morgan fingerprint density at radius 3 is 2.40 bits per heavy atom. The Bertz CT molecular complexity index is 1140. The topological polar surface area (TPSA) is 65.3 Å². The third-order valence-corrected chi connectivity index (χ3v) is 5.79. The molecule has 0 saturated heterocycles. The van der Waals surface area contributed by atoms with Gasteiger partial charge in [0.15, 0.2) is 0 Å². The molecule has 1 aliphatic rings. The van der Waals surface area contributed by atoms with Gasteiger partial charge in [-0.15, -0.1) is 0 Å². The number of aryl methyl sites for hydroxylation is 2. The van der Waals surface area contributed by atoms with Gasteiger partial charge in [0.1, 0.15) is 0 Å². The molecular weight excluding hydrogens is 372 g/mol. The molecule has 1 fully saturated rings. The van der Waals surface area contributed by atoms with Gasteiger partial charge in [-0.05, 0) is 50.2 Å². The fourth-order valence-corrected chi connectivity index (χ4v) is 4.31. The Labute approximate surface area is 178 Å². The molecule has 30 heavy (non-hydrogen) atoms. The van der Waals surface area contributed by atoms with Crippen LogP contribution in [0.1, 0.15) is 62.3 Å². The molecule has 1 saturated carbocycles. The van der Waals surface area contributed by atoms with Gasteiger partial charge in [-0.1, -0.05) is 56.5 Å². The Kier molecular flexibility index (Phi) is 6.60. The van der Waals surface area contributed by atoms with Crippen molar-refractivity contribution in [2.24, 2.45) is 17.8 Å². The summed E-state index contributed by atoms with van der Waals surface area (Å²) in [5, 5.41) is 0. The molecule has 5 nitrogen and oxygen atoms in total. The third-order valence-electron chi connectivity index (χ3n) is 5.79. The first kappa shape index (κ1) is 21.6. The van der Waals surface area contributed by atoms with Crippen molar-refractivity contribution in [2.75, 3.05) is 0 Å². The van der Waals surface area contributed by atoms with Gasteiger partial charge in [0.05, 0.1) is 22.4 Å². The first-order valence-corrected chi connectivity index (χ1v) is 10.8. The minimum atomic E-state index is 0.0443.